The van der Waals surface area contributed by atoms with Gasteiger partial charge in [0.15, 0.2) is 0 Å². The molecule has 1 N–H and O–H groups in total. The van der Waals surface area contributed by atoms with Crippen LogP contribution >= 0.6 is 0 Å². The molecule has 1 saturated carbocycles. The molecule has 0 aromatic heterocycles. The van der Waals surface area contributed by atoms with Gasteiger partial charge < -0.3 is 10.0 Å². The molecule has 0 radical (unpaired) electrons. The van der Waals surface area contributed by atoms with Crippen LogP contribution in [0.5, 0.6) is 0 Å². The summed E-state index contributed by atoms with van der Waals surface area (Å²) < 4.78 is 0. The van der Waals surface area contributed by atoms with Crippen LogP contribution < -0.4 is 0 Å². The maximum Gasteiger partial charge on any atom is 0.306 e. The van der Waals surface area contributed by atoms with Gasteiger partial charge in [-0.05, 0) is 56.0 Å². The van der Waals surface area contributed by atoms with Crippen LogP contribution in [0.25, 0.3) is 0 Å². The first-order chi connectivity index (χ1) is 8.69. The van der Waals surface area contributed by atoms with Crippen molar-refractivity contribution in [1.82, 2.24) is 4.90 Å². The third kappa shape index (κ3) is 3.71. The molecule has 0 aromatic rings. The van der Waals surface area contributed by atoms with Crippen molar-refractivity contribution >= 4 is 5.97 Å². The van der Waals surface area contributed by atoms with Gasteiger partial charge >= 0.3 is 5.97 Å². The Bertz CT molecular complexity index is 325. The number of carbonyl (C=O) groups is 1. The summed E-state index contributed by atoms with van der Waals surface area (Å²) in [6, 6.07) is 0.647. The zero-order valence-corrected chi connectivity index (χ0v) is 12.9. The van der Waals surface area contributed by atoms with E-state index in [1.807, 2.05) is 0 Å². The van der Waals surface area contributed by atoms with E-state index in [-0.39, 0.29) is 5.92 Å². The topological polar surface area (TPSA) is 40.5 Å². The lowest BCUT2D eigenvalue weighted by molar-refractivity contribution is -0.143. The van der Waals surface area contributed by atoms with Gasteiger partial charge in [0.05, 0.1) is 5.92 Å². The zero-order valence-electron chi connectivity index (χ0n) is 12.9. The van der Waals surface area contributed by atoms with Gasteiger partial charge in [0, 0.05) is 6.04 Å². The molecular formula is C16H29NO2. The Labute approximate surface area is 117 Å². The Balaban J connectivity index is 1.97. The van der Waals surface area contributed by atoms with Crippen molar-refractivity contribution in [3.63, 3.8) is 0 Å². The molecule has 2 fully saturated rings. The Morgan fingerprint density at radius 1 is 1.05 bits per heavy atom. The fourth-order valence-corrected chi connectivity index (χ4v) is 4.56. The maximum absolute atomic E-state index is 11.0. The maximum atomic E-state index is 11.0. The zero-order chi connectivity index (χ0) is 14.3. The number of piperidine rings is 1. The van der Waals surface area contributed by atoms with Crippen LogP contribution in [-0.4, -0.2) is 35.1 Å². The lowest BCUT2D eigenvalue weighted by Crippen LogP contribution is -2.49. The number of nitrogens with zero attached hydrogens (tertiary/aromatic N) is 1. The first-order valence-corrected chi connectivity index (χ1v) is 7.65. The van der Waals surface area contributed by atoms with E-state index in [0.717, 1.165) is 25.9 Å². The predicted octanol–water partition coefficient (Wildman–Crippen LogP) is 3.39. The monoisotopic (exact) mass is 267 g/mol. The molecule has 19 heavy (non-hydrogen) atoms. The minimum absolute atomic E-state index is 0.110. The second-order valence-corrected chi connectivity index (χ2v) is 8.22. The second-order valence-electron chi connectivity index (χ2n) is 8.22. The average Bonchev–Trinajstić information content (AvgIpc) is 2.25. The first kappa shape index (κ1) is 14.8. The summed E-state index contributed by atoms with van der Waals surface area (Å²) in [5.74, 6) is -0.718. The van der Waals surface area contributed by atoms with Gasteiger partial charge in [-0.25, -0.2) is 0 Å². The quantitative estimate of drug-likeness (QED) is 0.833. The van der Waals surface area contributed by atoms with Gasteiger partial charge in [-0.15, -0.1) is 0 Å². The van der Waals surface area contributed by atoms with Gasteiger partial charge in [-0.3, -0.25) is 4.79 Å². The lowest BCUT2D eigenvalue weighted by atomic mass is 9.63. The van der Waals surface area contributed by atoms with Gasteiger partial charge in [0.1, 0.15) is 0 Å². The average molecular weight is 267 g/mol. The fraction of sp³-hybridized carbons (Fsp3) is 0.938. The summed E-state index contributed by atoms with van der Waals surface area (Å²) in [5, 5.41) is 9.08. The highest BCUT2D eigenvalue weighted by Gasteiger charge is 2.41. The summed E-state index contributed by atoms with van der Waals surface area (Å²) in [6.07, 6.45) is 5.46. The van der Waals surface area contributed by atoms with Crippen molar-refractivity contribution in [2.45, 2.75) is 65.8 Å². The third-order valence-electron chi connectivity index (χ3n) is 4.93. The van der Waals surface area contributed by atoms with E-state index >= 15 is 0 Å². The van der Waals surface area contributed by atoms with E-state index in [1.165, 1.54) is 19.3 Å². The molecule has 0 atom stereocenters. The number of hydrogen-bond acceptors (Lipinski definition) is 2. The van der Waals surface area contributed by atoms with E-state index in [1.54, 1.807) is 0 Å². The standard InChI is InChI=1S/C16H29NO2/c1-15(2)9-13(10-16(3,4)11-15)17-7-5-12(6-8-17)14(18)19/h12-13H,5-11H2,1-4H3,(H,18,19). The molecule has 2 rings (SSSR count). The van der Waals surface area contributed by atoms with Crippen LogP contribution in [0.4, 0.5) is 0 Å². The normalized spacial score (nSPS) is 29.3. The van der Waals surface area contributed by atoms with Gasteiger partial charge in [-0.1, -0.05) is 27.7 Å². The number of rotatable bonds is 2. The minimum atomic E-state index is -0.607. The number of hydrogen-bond donors (Lipinski definition) is 1. The van der Waals surface area contributed by atoms with Crippen molar-refractivity contribution in [1.29, 1.82) is 0 Å². The highest BCUT2D eigenvalue weighted by Crippen LogP contribution is 2.47. The fourth-order valence-electron chi connectivity index (χ4n) is 4.56. The molecule has 0 spiro atoms. The van der Waals surface area contributed by atoms with Crippen LogP contribution in [0.3, 0.4) is 0 Å². The smallest absolute Gasteiger partial charge is 0.306 e. The predicted molar refractivity (Wildman–Crippen MR) is 77.1 cm³/mol. The Hall–Kier alpha value is -0.570. The SMILES string of the molecule is CC1(C)CC(N2CCC(C(=O)O)CC2)CC(C)(C)C1. The van der Waals surface area contributed by atoms with Gasteiger partial charge in [0.2, 0.25) is 0 Å². The molecule has 3 heteroatoms. The molecule has 0 amide bonds. The molecule has 1 saturated heterocycles. The van der Waals surface area contributed by atoms with E-state index in [0.29, 0.717) is 16.9 Å². The molecule has 0 unspecified atom stereocenters. The molecule has 1 aliphatic heterocycles. The van der Waals surface area contributed by atoms with Gasteiger partial charge in [0.25, 0.3) is 0 Å². The van der Waals surface area contributed by atoms with Crippen LogP contribution in [0, 0.1) is 16.7 Å². The minimum Gasteiger partial charge on any atom is -0.481 e. The van der Waals surface area contributed by atoms with E-state index < -0.39 is 5.97 Å². The molecule has 0 bridgehead atoms. The van der Waals surface area contributed by atoms with Crippen molar-refractivity contribution in [3.05, 3.63) is 0 Å². The number of carboxylic acid groups (broad SMARTS) is 1. The summed E-state index contributed by atoms with van der Waals surface area (Å²) in [4.78, 5) is 13.6. The molecule has 3 nitrogen and oxygen atoms in total. The molecular weight excluding hydrogens is 238 g/mol. The van der Waals surface area contributed by atoms with Crippen molar-refractivity contribution < 1.29 is 9.90 Å². The van der Waals surface area contributed by atoms with Crippen LogP contribution in [-0.2, 0) is 4.79 Å². The number of carboxylic acids is 1. The Morgan fingerprint density at radius 3 is 1.95 bits per heavy atom. The molecule has 1 heterocycles. The first-order valence-electron chi connectivity index (χ1n) is 7.65. The van der Waals surface area contributed by atoms with Crippen LogP contribution in [0.1, 0.15) is 59.8 Å². The highest BCUT2D eigenvalue weighted by molar-refractivity contribution is 5.70. The Kier molecular flexibility index (Phi) is 3.97. The van der Waals surface area contributed by atoms with Crippen molar-refractivity contribution in [2.75, 3.05) is 13.1 Å². The third-order valence-corrected chi connectivity index (χ3v) is 4.93. The molecule has 110 valence electrons. The summed E-state index contributed by atoms with van der Waals surface area (Å²) >= 11 is 0. The van der Waals surface area contributed by atoms with E-state index in [4.69, 9.17) is 5.11 Å². The largest absolute Gasteiger partial charge is 0.481 e. The summed E-state index contributed by atoms with van der Waals surface area (Å²) in [5.41, 5.74) is 0.826. The van der Waals surface area contributed by atoms with Crippen LogP contribution in [0.15, 0.2) is 0 Å². The lowest BCUT2D eigenvalue weighted by Gasteiger charge is -2.49. The highest BCUT2D eigenvalue weighted by atomic mass is 16.4. The van der Waals surface area contributed by atoms with Crippen molar-refractivity contribution in [2.24, 2.45) is 16.7 Å². The molecule has 0 aromatic carbocycles. The second kappa shape index (κ2) is 5.08. The number of aliphatic carboxylic acids is 1. The van der Waals surface area contributed by atoms with Crippen LogP contribution in [0.2, 0.25) is 0 Å². The van der Waals surface area contributed by atoms with Crippen molar-refractivity contribution in [3.8, 4) is 0 Å². The number of likely N-dealkylation sites (tertiary alicyclic amines) is 1. The Morgan fingerprint density at radius 2 is 1.53 bits per heavy atom. The van der Waals surface area contributed by atoms with E-state index in [9.17, 15) is 4.79 Å². The molecule has 1 aliphatic carbocycles. The summed E-state index contributed by atoms with van der Waals surface area (Å²) in [6.45, 7) is 11.5. The molecule has 2 aliphatic rings. The van der Waals surface area contributed by atoms with E-state index in [2.05, 4.69) is 32.6 Å². The summed E-state index contributed by atoms with van der Waals surface area (Å²) in [7, 11) is 0. The van der Waals surface area contributed by atoms with Gasteiger partial charge in [-0.2, -0.15) is 0 Å².